The van der Waals surface area contributed by atoms with E-state index in [4.69, 9.17) is 28.3 Å². The molecule has 0 aromatic carbocycles. The van der Waals surface area contributed by atoms with Crippen molar-refractivity contribution in [3.05, 3.63) is 97.2 Å². The number of hydrogen-bond acceptors (Lipinski definition) is 14. The maximum atomic E-state index is 13.0. The smallest absolute Gasteiger partial charge is 0.462 e. The zero-order valence-corrected chi connectivity index (χ0v) is 40.2. The van der Waals surface area contributed by atoms with Gasteiger partial charge in [0.15, 0.2) is 6.10 Å². The molecule has 0 saturated heterocycles. The fraction of sp³-hybridized carbons (Fsp3) is 0.617. The van der Waals surface area contributed by atoms with E-state index in [2.05, 4.69) is 67.0 Å². The number of rotatable bonds is 36. The average molecular weight is 975 g/mol. The van der Waals surface area contributed by atoms with Gasteiger partial charge in [0.1, 0.15) is 43.2 Å². The summed E-state index contributed by atoms with van der Waals surface area (Å²) in [5.41, 5.74) is 0. The largest absolute Gasteiger partial charge is 0.472 e. The van der Waals surface area contributed by atoms with Gasteiger partial charge in [-0.25, -0.2) is 9.13 Å². The van der Waals surface area contributed by atoms with E-state index in [1.54, 1.807) is 12.2 Å². The minimum Gasteiger partial charge on any atom is -0.462 e. The molecule has 1 fully saturated rings. The first-order valence-corrected chi connectivity index (χ1v) is 25.9. The van der Waals surface area contributed by atoms with Gasteiger partial charge in [-0.2, -0.15) is 0 Å². The topological polar surface area (TPSA) is 276 Å². The molecule has 19 heteroatoms. The summed E-state index contributed by atoms with van der Waals surface area (Å²) in [6.07, 6.45) is 28.3. The Bertz CT molecular complexity index is 1670. The third kappa shape index (κ3) is 31.0. The molecular weight excluding hydrogens is 898 g/mol. The van der Waals surface area contributed by atoms with Gasteiger partial charge in [-0.05, 0) is 77.0 Å². The number of unbranched alkanes of at least 4 members (excludes halogenated alkanes) is 6. The highest BCUT2D eigenvalue weighted by Crippen LogP contribution is 2.49. The molecule has 0 aliphatic heterocycles. The van der Waals surface area contributed by atoms with Crippen molar-refractivity contribution in [3.63, 3.8) is 0 Å². The van der Waals surface area contributed by atoms with Crippen molar-refractivity contribution >= 4 is 27.6 Å². The SMILES string of the molecule is CC/C=C\C/C=C\C/C=C\CCCCCCCC(=O)O[C@H](COC(=O)CCC/C=C\C/C=C\C=C\C(O)C/C=C\C/C=C\CC)COP(=O)(O)O[C@H]1C(O)C(O)C(O)[C@@H](OP(=O)(O)O)C1O. The number of carbonyl (C=O) groups is 2. The predicted octanol–water partition coefficient (Wildman–Crippen LogP) is 7.36. The third-order valence-corrected chi connectivity index (χ3v) is 11.2. The van der Waals surface area contributed by atoms with Crippen LogP contribution in [-0.4, -0.2) is 114 Å². The van der Waals surface area contributed by atoms with Crippen LogP contribution in [0.15, 0.2) is 97.2 Å². The summed E-state index contributed by atoms with van der Waals surface area (Å²) in [6, 6.07) is 0. The van der Waals surface area contributed by atoms with E-state index in [-0.39, 0.29) is 12.8 Å². The molecule has 0 aromatic rings. The molecule has 1 aliphatic rings. The summed E-state index contributed by atoms with van der Waals surface area (Å²) in [7, 11) is -10.7. The number of aliphatic hydroxyl groups is 5. The van der Waals surface area contributed by atoms with Gasteiger partial charge in [-0.3, -0.25) is 23.2 Å². The van der Waals surface area contributed by atoms with Crippen LogP contribution < -0.4 is 0 Å². The Morgan fingerprint density at radius 1 is 0.561 bits per heavy atom. The number of hydrogen-bond donors (Lipinski definition) is 8. The highest BCUT2D eigenvalue weighted by molar-refractivity contribution is 7.47. The number of phosphoric acid groups is 2. The van der Waals surface area contributed by atoms with Crippen molar-refractivity contribution < 1.29 is 82.0 Å². The average Bonchev–Trinajstić information content (AvgIpc) is 3.27. The third-order valence-electron chi connectivity index (χ3n) is 9.73. The number of esters is 2. The van der Waals surface area contributed by atoms with Crippen LogP contribution in [0.4, 0.5) is 0 Å². The van der Waals surface area contributed by atoms with E-state index in [0.29, 0.717) is 32.1 Å². The Kier molecular flexibility index (Phi) is 34.0. The summed E-state index contributed by atoms with van der Waals surface area (Å²) in [4.78, 5) is 54.2. The Hall–Kier alpha value is -3.12. The molecule has 8 N–H and O–H groups in total. The molecule has 9 atom stereocenters. The number of phosphoric ester groups is 2. The lowest BCUT2D eigenvalue weighted by Gasteiger charge is -2.43. The zero-order chi connectivity index (χ0) is 49.1. The first-order valence-electron chi connectivity index (χ1n) is 22.9. The Morgan fingerprint density at radius 3 is 1.70 bits per heavy atom. The number of allylic oxidation sites excluding steroid dienone is 14. The highest BCUT2D eigenvalue weighted by atomic mass is 31.2. The van der Waals surface area contributed by atoms with E-state index in [0.717, 1.165) is 64.2 Å². The molecule has 6 unspecified atom stereocenters. The molecule has 0 amide bonds. The monoisotopic (exact) mass is 974 g/mol. The van der Waals surface area contributed by atoms with Crippen molar-refractivity contribution in [2.24, 2.45) is 0 Å². The fourth-order valence-electron chi connectivity index (χ4n) is 6.22. The zero-order valence-electron chi connectivity index (χ0n) is 38.4. The minimum atomic E-state index is -5.38. The summed E-state index contributed by atoms with van der Waals surface area (Å²) in [5, 5.41) is 51.2. The lowest BCUT2D eigenvalue weighted by Crippen LogP contribution is -2.64. The lowest BCUT2D eigenvalue weighted by atomic mass is 9.85. The van der Waals surface area contributed by atoms with Gasteiger partial charge < -0.3 is 49.7 Å². The molecule has 0 bridgehead atoms. The van der Waals surface area contributed by atoms with Crippen molar-refractivity contribution in [3.8, 4) is 0 Å². The van der Waals surface area contributed by atoms with Gasteiger partial charge in [0.2, 0.25) is 0 Å². The highest BCUT2D eigenvalue weighted by Gasteiger charge is 2.54. The first kappa shape index (κ1) is 60.9. The van der Waals surface area contributed by atoms with E-state index in [9.17, 15) is 49.1 Å². The van der Waals surface area contributed by atoms with Gasteiger partial charge in [0, 0.05) is 12.8 Å². The summed E-state index contributed by atoms with van der Waals surface area (Å²) in [6.45, 7) is 2.72. The Balaban J connectivity index is 2.69. The molecule has 376 valence electrons. The van der Waals surface area contributed by atoms with E-state index < -0.39 is 89.6 Å². The second-order valence-electron chi connectivity index (χ2n) is 15.6. The normalized spacial score (nSPS) is 22.9. The van der Waals surface area contributed by atoms with Crippen molar-refractivity contribution in [2.45, 2.75) is 172 Å². The summed E-state index contributed by atoms with van der Waals surface area (Å²) < 4.78 is 49.2. The van der Waals surface area contributed by atoms with Gasteiger partial charge in [-0.1, -0.05) is 130 Å². The maximum absolute atomic E-state index is 13.0. The van der Waals surface area contributed by atoms with E-state index in [1.807, 2.05) is 36.5 Å². The van der Waals surface area contributed by atoms with E-state index in [1.165, 1.54) is 0 Å². The van der Waals surface area contributed by atoms with Crippen LogP contribution in [0.3, 0.4) is 0 Å². The molecular formula is C47H76O17P2. The second-order valence-corrected chi connectivity index (χ2v) is 18.2. The lowest BCUT2D eigenvalue weighted by molar-refractivity contribution is -0.216. The standard InChI is InChI=1S/C47H76O17P2/c1-3-5-7-9-11-12-13-14-15-16-17-18-23-27-31-35-41(50)62-39(37-61-66(58,59)64-47-44(53)42(51)43(52)46(45(47)54)63-65(55,56)57)36-60-40(49)34-30-26-22-20-19-21-25-29-33-38(48)32-28-24-10-8-6-4-2/h5-8,11-12,14-15,20-22,24-25,28-29,33,38-39,42-48,51-54H,3-4,9-10,13,16-19,23,26-27,30-32,34-37H2,1-2H3,(H,58,59)(H2,55,56,57)/b7-5-,8-6-,12-11-,15-14-,22-20-,25-21-,28-24-,33-29+/t38?,39-,42?,43?,44?,45?,46-,47+/m1/s1. The molecule has 1 aliphatic carbocycles. The molecule has 0 spiro atoms. The molecule has 17 nitrogen and oxygen atoms in total. The van der Waals surface area contributed by atoms with Crippen LogP contribution in [0.5, 0.6) is 0 Å². The van der Waals surface area contributed by atoms with Gasteiger partial charge >= 0.3 is 27.6 Å². The number of aliphatic hydroxyl groups excluding tert-OH is 5. The van der Waals surface area contributed by atoms with Crippen LogP contribution in [-0.2, 0) is 41.8 Å². The van der Waals surface area contributed by atoms with Crippen molar-refractivity contribution in [1.82, 2.24) is 0 Å². The van der Waals surface area contributed by atoms with Crippen molar-refractivity contribution in [2.75, 3.05) is 13.2 Å². The van der Waals surface area contributed by atoms with Crippen molar-refractivity contribution in [1.29, 1.82) is 0 Å². The molecule has 0 aromatic heterocycles. The number of carbonyl (C=O) groups excluding carboxylic acids is 2. The molecule has 66 heavy (non-hydrogen) atoms. The van der Waals surface area contributed by atoms with Gasteiger partial charge in [-0.15, -0.1) is 0 Å². The van der Waals surface area contributed by atoms with Crippen LogP contribution in [0.1, 0.15) is 123 Å². The summed E-state index contributed by atoms with van der Waals surface area (Å²) >= 11 is 0. The first-order chi connectivity index (χ1) is 31.5. The van der Waals surface area contributed by atoms with Gasteiger partial charge in [0.05, 0.1) is 12.7 Å². The molecule has 0 heterocycles. The molecule has 0 radical (unpaired) electrons. The van der Waals surface area contributed by atoms with Gasteiger partial charge in [0.25, 0.3) is 0 Å². The van der Waals surface area contributed by atoms with Crippen LogP contribution in [0, 0.1) is 0 Å². The van der Waals surface area contributed by atoms with E-state index >= 15 is 0 Å². The second kappa shape index (κ2) is 36.9. The number of ether oxygens (including phenoxy) is 2. The minimum absolute atomic E-state index is 0.000531. The van der Waals surface area contributed by atoms with Crippen LogP contribution >= 0.6 is 15.6 Å². The Morgan fingerprint density at radius 2 is 1.08 bits per heavy atom. The summed E-state index contributed by atoms with van der Waals surface area (Å²) in [5.74, 6) is -1.34. The van der Waals surface area contributed by atoms with Crippen LogP contribution in [0.25, 0.3) is 0 Å². The quantitative estimate of drug-likeness (QED) is 0.0100. The molecule has 1 rings (SSSR count). The fourth-order valence-corrected chi connectivity index (χ4v) is 7.76. The Labute approximate surface area is 390 Å². The molecule has 1 saturated carbocycles. The predicted molar refractivity (Wildman–Crippen MR) is 251 cm³/mol. The maximum Gasteiger partial charge on any atom is 0.472 e. The van der Waals surface area contributed by atoms with Crippen LogP contribution in [0.2, 0.25) is 0 Å².